The molecule has 0 bridgehead atoms. The number of hydrogen-bond acceptors (Lipinski definition) is 4. The van der Waals surface area contributed by atoms with Gasteiger partial charge in [-0.25, -0.2) is 0 Å². The quantitative estimate of drug-likeness (QED) is 0.775. The van der Waals surface area contributed by atoms with E-state index in [2.05, 4.69) is 5.32 Å². The van der Waals surface area contributed by atoms with Gasteiger partial charge in [0.25, 0.3) is 0 Å². The van der Waals surface area contributed by atoms with Crippen molar-refractivity contribution in [2.45, 2.75) is 0 Å². The van der Waals surface area contributed by atoms with E-state index in [1.807, 2.05) is 0 Å². The Morgan fingerprint density at radius 3 is 2.78 bits per heavy atom. The molecule has 1 aliphatic heterocycles. The molecule has 1 saturated heterocycles. The van der Waals surface area contributed by atoms with Gasteiger partial charge in [-0.2, -0.15) is 0 Å². The zero-order valence-corrected chi connectivity index (χ0v) is 9.99. The molecule has 1 aromatic carbocycles. The Hall–Kier alpha value is -2.21. The van der Waals surface area contributed by atoms with Gasteiger partial charge in [0.1, 0.15) is 12.1 Å². The maximum absolute atomic E-state index is 11.9. The zero-order chi connectivity index (χ0) is 12.7. The molecule has 0 unspecified atom stereocenters. The van der Waals surface area contributed by atoms with Crippen molar-refractivity contribution in [1.29, 1.82) is 0 Å². The van der Waals surface area contributed by atoms with Crippen molar-refractivity contribution in [3.63, 3.8) is 0 Å². The minimum absolute atomic E-state index is 0.0696. The lowest BCUT2D eigenvalue weighted by Crippen LogP contribution is -2.28. The number of benzene rings is 1. The largest absolute Gasteiger partial charge is 0.440 e. The second kappa shape index (κ2) is 3.92. The second-order valence-electron chi connectivity index (χ2n) is 3.88. The van der Waals surface area contributed by atoms with Gasteiger partial charge < -0.3 is 9.73 Å². The number of nitrogens with one attached hydrogen (secondary N) is 1. The third kappa shape index (κ3) is 1.67. The summed E-state index contributed by atoms with van der Waals surface area (Å²) in [7, 11) is 0. The van der Waals surface area contributed by atoms with E-state index in [1.165, 1.54) is 11.0 Å². The van der Waals surface area contributed by atoms with Crippen molar-refractivity contribution in [3.05, 3.63) is 40.6 Å². The Morgan fingerprint density at radius 1 is 1.28 bits per heavy atom. The van der Waals surface area contributed by atoms with E-state index < -0.39 is 0 Å². The van der Waals surface area contributed by atoms with Crippen molar-refractivity contribution < 1.29 is 9.21 Å². The molecule has 2 aromatic rings. The first-order valence-corrected chi connectivity index (χ1v) is 5.70. The van der Waals surface area contributed by atoms with Crippen LogP contribution in [0.2, 0.25) is 0 Å². The van der Waals surface area contributed by atoms with Gasteiger partial charge in [0.05, 0.1) is 5.39 Å². The molecule has 3 rings (SSSR count). The Morgan fingerprint density at radius 2 is 2.06 bits per heavy atom. The summed E-state index contributed by atoms with van der Waals surface area (Å²) in [4.78, 5) is 24.6. The first-order valence-electron chi connectivity index (χ1n) is 5.29. The third-order valence-corrected chi connectivity index (χ3v) is 3.00. The molecular weight excluding hydrogens is 252 g/mol. The van der Waals surface area contributed by atoms with Crippen LogP contribution < -0.4 is 15.6 Å². The number of hydrogen-bond donors (Lipinski definition) is 1. The monoisotopic (exact) mass is 260 g/mol. The van der Waals surface area contributed by atoms with E-state index in [0.29, 0.717) is 11.0 Å². The van der Waals surface area contributed by atoms with Crippen molar-refractivity contribution in [3.8, 4) is 0 Å². The molecule has 0 saturated carbocycles. The van der Waals surface area contributed by atoms with E-state index in [9.17, 15) is 9.59 Å². The molecule has 2 heterocycles. The van der Waals surface area contributed by atoms with Gasteiger partial charge in [-0.05, 0) is 24.4 Å². The second-order valence-corrected chi connectivity index (χ2v) is 4.27. The Kier molecular flexibility index (Phi) is 2.38. The van der Waals surface area contributed by atoms with Gasteiger partial charge in [0.15, 0.2) is 10.5 Å². The number of carbonyl (C=O) groups is 1. The number of fused-ring (bicyclic) bond motifs is 1. The first kappa shape index (κ1) is 10.9. The molecule has 1 aromatic heterocycles. The molecule has 0 atom stereocenters. The lowest BCUT2D eigenvalue weighted by Gasteiger charge is -2.13. The van der Waals surface area contributed by atoms with Gasteiger partial charge in [-0.1, -0.05) is 12.1 Å². The lowest BCUT2D eigenvalue weighted by molar-refractivity contribution is -0.117. The summed E-state index contributed by atoms with van der Waals surface area (Å²) in [6.07, 6.45) is 0. The van der Waals surface area contributed by atoms with Crippen LogP contribution >= 0.6 is 12.2 Å². The van der Waals surface area contributed by atoms with Crippen LogP contribution in [0.15, 0.2) is 39.5 Å². The third-order valence-electron chi connectivity index (χ3n) is 2.68. The van der Waals surface area contributed by atoms with Crippen LogP contribution in [0, 0.1) is 0 Å². The number of amides is 1. The van der Waals surface area contributed by atoms with Crippen LogP contribution in [0.1, 0.15) is 0 Å². The van der Waals surface area contributed by atoms with Crippen molar-refractivity contribution in [2.75, 3.05) is 11.4 Å². The van der Waals surface area contributed by atoms with Gasteiger partial charge in [-0.3, -0.25) is 14.5 Å². The number of thiocarbonyl (C=S) groups is 1. The molecule has 18 heavy (non-hydrogen) atoms. The van der Waals surface area contributed by atoms with E-state index in [4.69, 9.17) is 16.6 Å². The fourth-order valence-electron chi connectivity index (χ4n) is 1.84. The smallest absolute Gasteiger partial charge is 0.246 e. The fourth-order valence-corrected chi connectivity index (χ4v) is 2.11. The van der Waals surface area contributed by atoms with Crippen molar-refractivity contribution in [2.24, 2.45) is 0 Å². The molecule has 1 aliphatic rings. The first-order chi connectivity index (χ1) is 8.65. The minimum atomic E-state index is -0.212. The SMILES string of the molecule is O=C1CN(c2cc(=O)c3ccccc3o2)C(=S)N1. The molecule has 6 heteroatoms. The molecule has 0 spiro atoms. The van der Waals surface area contributed by atoms with Crippen molar-refractivity contribution in [1.82, 2.24) is 5.32 Å². The summed E-state index contributed by atoms with van der Waals surface area (Å²) < 4.78 is 5.59. The standard InChI is InChI=1S/C12H8N2O3S/c15-8-5-11(14-6-10(16)13-12(14)18)17-9-4-2-1-3-7(8)9/h1-5H,6H2,(H,13,16,18). The van der Waals surface area contributed by atoms with Gasteiger partial charge >= 0.3 is 0 Å². The summed E-state index contributed by atoms with van der Waals surface area (Å²) in [6, 6.07) is 8.28. The number of para-hydroxylation sites is 1. The predicted octanol–water partition coefficient (Wildman–Crippen LogP) is 1.01. The zero-order valence-electron chi connectivity index (χ0n) is 9.17. The Balaban J connectivity index is 2.16. The fraction of sp³-hybridized carbons (Fsp3) is 0.0833. The number of nitrogens with zero attached hydrogens (tertiary/aromatic N) is 1. The topological polar surface area (TPSA) is 62.6 Å². The van der Waals surface area contributed by atoms with Gasteiger partial charge in [0.2, 0.25) is 11.8 Å². The highest BCUT2D eigenvalue weighted by molar-refractivity contribution is 7.80. The normalized spacial score (nSPS) is 15.2. The van der Waals surface area contributed by atoms with Gasteiger partial charge in [0, 0.05) is 6.07 Å². The molecule has 0 radical (unpaired) electrons. The summed E-state index contributed by atoms with van der Waals surface area (Å²) in [5.74, 6) is 0.0675. The van der Waals surface area contributed by atoms with E-state index >= 15 is 0 Å². The predicted molar refractivity (Wildman–Crippen MR) is 70.6 cm³/mol. The molecule has 90 valence electrons. The lowest BCUT2D eigenvalue weighted by atomic mass is 10.2. The number of carbonyl (C=O) groups excluding carboxylic acids is 1. The molecule has 5 nitrogen and oxygen atoms in total. The molecular formula is C12H8N2O3S. The van der Waals surface area contributed by atoms with Crippen LogP contribution in [0.4, 0.5) is 5.88 Å². The van der Waals surface area contributed by atoms with Gasteiger partial charge in [-0.15, -0.1) is 0 Å². The minimum Gasteiger partial charge on any atom is -0.440 e. The van der Waals surface area contributed by atoms with Crippen LogP contribution in [0.5, 0.6) is 0 Å². The number of rotatable bonds is 1. The molecule has 1 N–H and O–H groups in total. The van der Waals surface area contributed by atoms with E-state index in [-0.39, 0.29) is 28.9 Å². The van der Waals surface area contributed by atoms with E-state index in [1.54, 1.807) is 24.3 Å². The van der Waals surface area contributed by atoms with Crippen molar-refractivity contribution >= 4 is 40.1 Å². The van der Waals surface area contributed by atoms with Crippen LogP contribution in [-0.2, 0) is 4.79 Å². The van der Waals surface area contributed by atoms with Crippen LogP contribution in [0.25, 0.3) is 11.0 Å². The van der Waals surface area contributed by atoms with Crippen LogP contribution in [0.3, 0.4) is 0 Å². The summed E-state index contributed by atoms with van der Waals surface area (Å²) in [5.41, 5.74) is 0.316. The average molecular weight is 260 g/mol. The molecule has 0 aliphatic carbocycles. The van der Waals surface area contributed by atoms with Crippen LogP contribution in [-0.4, -0.2) is 17.6 Å². The average Bonchev–Trinajstić information content (AvgIpc) is 2.68. The molecule has 1 amide bonds. The summed E-state index contributed by atoms with van der Waals surface area (Å²) in [5, 5.41) is 3.24. The Labute approximate surface area is 107 Å². The highest BCUT2D eigenvalue weighted by atomic mass is 32.1. The highest BCUT2D eigenvalue weighted by Gasteiger charge is 2.26. The molecule has 1 fully saturated rings. The maximum Gasteiger partial charge on any atom is 0.246 e. The summed E-state index contributed by atoms with van der Waals surface area (Å²) in [6.45, 7) is 0.0696. The maximum atomic E-state index is 11.9. The van der Waals surface area contributed by atoms with E-state index in [0.717, 1.165) is 0 Å². The highest BCUT2D eigenvalue weighted by Crippen LogP contribution is 2.20. The summed E-state index contributed by atoms with van der Waals surface area (Å²) >= 11 is 5.00. The Bertz CT molecular complexity index is 723. The number of anilines is 1.